The first kappa shape index (κ1) is 20.8. The molecule has 1 atom stereocenters. The predicted molar refractivity (Wildman–Crippen MR) is 126 cm³/mol. The Hall–Kier alpha value is -3.13. The molecule has 1 fully saturated rings. The second-order valence-corrected chi connectivity index (χ2v) is 8.54. The van der Waals surface area contributed by atoms with Gasteiger partial charge in [-0.1, -0.05) is 30.3 Å². The van der Waals surface area contributed by atoms with E-state index in [1.807, 2.05) is 53.9 Å². The Kier molecular flexibility index (Phi) is 5.94. The van der Waals surface area contributed by atoms with Crippen LogP contribution in [-0.2, 0) is 4.74 Å². The summed E-state index contributed by atoms with van der Waals surface area (Å²) in [4.78, 5) is 16.0. The van der Waals surface area contributed by atoms with Gasteiger partial charge in [0, 0.05) is 18.5 Å². The quantitative estimate of drug-likeness (QED) is 0.441. The van der Waals surface area contributed by atoms with E-state index in [2.05, 4.69) is 22.3 Å². The molecule has 5 rings (SSSR count). The van der Waals surface area contributed by atoms with Gasteiger partial charge in [-0.2, -0.15) is 0 Å². The molecule has 2 aromatic carbocycles. The summed E-state index contributed by atoms with van der Waals surface area (Å²) >= 11 is 1.42. The fraction of sp³-hybridized carbons (Fsp3) is 0.240. The first-order valence-electron chi connectivity index (χ1n) is 10.6. The van der Waals surface area contributed by atoms with Crippen LogP contribution in [0.1, 0.15) is 27.0 Å². The second kappa shape index (κ2) is 9.16. The molecule has 1 aliphatic rings. The molecular weight excluding hydrogens is 424 g/mol. The number of nitrogens with zero attached hydrogens (tertiary/aromatic N) is 1. The summed E-state index contributed by atoms with van der Waals surface area (Å²) in [5.41, 5.74) is 2.53. The number of benzene rings is 2. The summed E-state index contributed by atoms with van der Waals surface area (Å²) < 4.78 is 17.4. The molecule has 1 aliphatic heterocycles. The maximum atomic E-state index is 13.0. The maximum Gasteiger partial charge on any atom is 0.265 e. The molecule has 0 spiro atoms. The lowest BCUT2D eigenvalue weighted by Gasteiger charge is -2.34. The molecule has 0 bridgehead atoms. The van der Waals surface area contributed by atoms with E-state index in [0.29, 0.717) is 23.8 Å². The SMILES string of the molecule is COc1ccc(C(c2oc3ccccc3c2NC(=O)c2cccs2)N2CCOCC2)cc1. The van der Waals surface area contributed by atoms with Crippen LogP contribution in [0.15, 0.2) is 70.5 Å². The van der Waals surface area contributed by atoms with E-state index in [1.54, 1.807) is 7.11 Å². The number of carbonyl (C=O) groups is 1. The Bertz CT molecular complexity index is 1190. The van der Waals surface area contributed by atoms with Crippen LogP contribution in [0.2, 0.25) is 0 Å². The maximum absolute atomic E-state index is 13.0. The highest BCUT2D eigenvalue weighted by atomic mass is 32.1. The van der Waals surface area contributed by atoms with E-state index in [4.69, 9.17) is 13.9 Å². The number of hydrogen-bond donors (Lipinski definition) is 1. The van der Waals surface area contributed by atoms with E-state index in [1.165, 1.54) is 11.3 Å². The minimum Gasteiger partial charge on any atom is -0.497 e. The normalized spacial score (nSPS) is 15.5. The molecule has 4 aromatic rings. The molecule has 3 heterocycles. The smallest absolute Gasteiger partial charge is 0.265 e. The Labute approximate surface area is 190 Å². The van der Waals surface area contributed by atoms with Gasteiger partial charge in [0.1, 0.15) is 17.1 Å². The lowest BCUT2D eigenvalue weighted by atomic mass is 10.00. The Morgan fingerprint density at radius 1 is 1.06 bits per heavy atom. The van der Waals surface area contributed by atoms with Crippen molar-refractivity contribution in [1.82, 2.24) is 4.90 Å². The Balaban J connectivity index is 1.63. The van der Waals surface area contributed by atoms with Gasteiger partial charge in [-0.15, -0.1) is 11.3 Å². The van der Waals surface area contributed by atoms with Crippen LogP contribution in [0.3, 0.4) is 0 Å². The summed E-state index contributed by atoms with van der Waals surface area (Å²) in [6, 6.07) is 19.4. The minimum atomic E-state index is -0.171. The van der Waals surface area contributed by atoms with Crippen molar-refractivity contribution in [1.29, 1.82) is 0 Å². The summed E-state index contributed by atoms with van der Waals surface area (Å²) in [5.74, 6) is 1.39. The highest BCUT2D eigenvalue weighted by Crippen LogP contribution is 2.41. The largest absolute Gasteiger partial charge is 0.497 e. The van der Waals surface area contributed by atoms with Crippen molar-refractivity contribution in [2.75, 3.05) is 38.7 Å². The third-order valence-corrected chi connectivity index (χ3v) is 6.57. The van der Waals surface area contributed by atoms with Crippen LogP contribution >= 0.6 is 11.3 Å². The van der Waals surface area contributed by atoms with Gasteiger partial charge in [0.05, 0.1) is 36.9 Å². The van der Waals surface area contributed by atoms with E-state index >= 15 is 0 Å². The number of morpholine rings is 1. The van der Waals surface area contributed by atoms with E-state index in [-0.39, 0.29) is 11.9 Å². The molecule has 1 amide bonds. The van der Waals surface area contributed by atoms with Crippen LogP contribution in [0, 0.1) is 0 Å². The molecule has 6 nitrogen and oxygen atoms in total. The highest BCUT2D eigenvalue weighted by molar-refractivity contribution is 7.12. The molecule has 1 N–H and O–H groups in total. The molecule has 32 heavy (non-hydrogen) atoms. The fourth-order valence-corrected chi connectivity index (χ4v) is 4.74. The van der Waals surface area contributed by atoms with Crippen molar-refractivity contribution >= 4 is 33.9 Å². The molecule has 0 saturated carbocycles. The van der Waals surface area contributed by atoms with Gasteiger partial charge in [0.2, 0.25) is 0 Å². The molecule has 1 unspecified atom stereocenters. The van der Waals surface area contributed by atoms with Gasteiger partial charge in [-0.25, -0.2) is 0 Å². The molecule has 164 valence electrons. The first-order chi connectivity index (χ1) is 15.7. The lowest BCUT2D eigenvalue weighted by Crippen LogP contribution is -2.39. The number of methoxy groups -OCH3 is 1. The predicted octanol–water partition coefficient (Wildman–Crippen LogP) is 5.18. The van der Waals surface area contributed by atoms with Crippen molar-refractivity contribution in [2.45, 2.75) is 6.04 Å². The zero-order valence-electron chi connectivity index (χ0n) is 17.7. The monoisotopic (exact) mass is 448 g/mol. The van der Waals surface area contributed by atoms with Crippen molar-refractivity contribution in [3.05, 3.63) is 82.2 Å². The number of para-hydroxylation sites is 1. The van der Waals surface area contributed by atoms with Crippen LogP contribution in [0.5, 0.6) is 5.75 Å². The van der Waals surface area contributed by atoms with Crippen molar-refractivity contribution in [3.8, 4) is 5.75 Å². The Morgan fingerprint density at radius 3 is 2.56 bits per heavy atom. The van der Waals surface area contributed by atoms with Gasteiger partial charge < -0.3 is 19.2 Å². The van der Waals surface area contributed by atoms with E-state index < -0.39 is 0 Å². The van der Waals surface area contributed by atoms with Crippen LogP contribution < -0.4 is 10.1 Å². The highest BCUT2D eigenvalue weighted by Gasteiger charge is 2.31. The van der Waals surface area contributed by atoms with Gasteiger partial charge >= 0.3 is 0 Å². The van der Waals surface area contributed by atoms with Crippen molar-refractivity contribution in [2.24, 2.45) is 0 Å². The number of ether oxygens (including phenoxy) is 2. The molecule has 7 heteroatoms. The topological polar surface area (TPSA) is 63.9 Å². The van der Waals surface area contributed by atoms with Crippen LogP contribution in [0.25, 0.3) is 11.0 Å². The number of thiophene rings is 1. The molecule has 0 radical (unpaired) electrons. The standard InChI is InChI=1S/C25H24N2O4S/c1-29-18-10-8-17(9-11-18)23(27-12-14-30-15-13-27)24-22(19-5-2-3-6-20(19)31-24)26-25(28)21-7-4-16-32-21/h2-11,16,23H,12-15H2,1H3,(H,26,28). The third kappa shape index (κ3) is 4.02. The summed E-state index contributed by atoms with van der Waals surface area (Å²) in [5, 5.41) is 5.93. The number of amides is 1. The summed E-state index contributed by atoms with van der Waals surface area (Å²) in [6.07, 6.45) is 0. The molecule has 1 saturated heterocycles. The van der Waals surface area contributed by atoms with Gasteiger partial charge in [0.25, 0.3) is 5.91 Å². The van der Waals surface area contributed by atoms with Gasteiger partial charge in [-0.3, -0.25) is 9.69 Å². The summed E-state index contributed by atoms with van der Waals surface area (Å²) in [6.45, 7) is 2.85. The van der Waals surface area contributed by atoms with Gasteiger partial charge in [0.15, 0.2) is 0 Å². The number of rotatable bonds is 6. The number of fused-ring (bicyclic) bond motifs is 1. The second-order valence-electron chi connectivity index (χ2n) is 7.59. The van der Waals surface area contributed by atoms with Crippen LogP contribution in [0.4, 0.5) is 5.69 Å². The van der Waals surface area contributed by atoms with E-state index in [9.17, 15) is 4.79 Å². The van der Waals surface area contributed by atoms with E-state index in [0.717, 1.165) is 41.1 Å². The minimum absolute atomic E-state index is 0.136. The Morgan fingerprint density at radius 2 is 1.84 bits per heavy atom. The van der Waals surface area contributed by atoms with Gasteiger partial charge in [-0.05, 0) is 41.3 Å². The van der Waals surface area contributed by atoms with Crippen molar-refractivity contribution in [3.63, 3.8) is 0 Å². The zero-order chi connectivity index (χ0) is 21.9. The average molecular weight is 449 g/mol. The third-order valence-electron chi connectivity index (χ3n) is 5.70. The first-order valence-corrected chi connectivity index (χ1v) is 11.4. The number of nitrogens with one attached hydrogen (secondary N) is 1. The number of carbonyl (C=O) groups excluding carboxylic acids is 1. The summed E-state index contributed by atoms with van der Waals surface area (Å²) in [7, 11) is 1.66. The molecule has 0 aliphatic carbocycles. The average Bonchev–Trinajstić information content (AvgIpc) is 3.50. The van der Waals surface area contributed by atoms with Crippen molar-refractivity contribution < 1.29 is 18.7 Å². The molecular formula is C25H24N2O4S. The number of furan rings is 1. The number of hydrogen-bond acceptors (Lipinski definition) is 6. The molecule has 2 aromatic heterocycles. The lowest BCUT2D eigenvalue weighted by molar-refractivity contribution is 0.0206. The zero-order valence-corrected chi connectivity index (χ0v) is 18.6. The van der Waals surface area contributed by atoms with Crippen LogP contribution in [-0.4, -0.2) is 44.2 Å². The fourth-order valence-electron chi connectivity index (χ4n) is 4.12. The number of anilines is 1.